The molecular formula is C20H21ClN2O3. The summed E-state index contributed by atoms with van der Waals surface area (Å²) in [6, 6.07) is 13.0. The van der Waals surface area contributed by atoms with Crippen LogP contribution in [0.4, 0.5) is 0 Å². The Hall–Kier alpha value is -2.71. The van der Waals surface area contributed by atoms with Gasteiger partial charge in [-0.2, -0.15) is 5.26 Å². The van der Waals surface area contributed by atoms with Gasteiger partial charge in [0.25, 0.3) is 0 Å². The molecule has 0 fully saturated rings. The van der Waals surface area contributed by atoms with Gasteiger partial charge in [-0.05, 0) is 54.8 Å². The molecule has 5 nitrogen and oxygen atoms in total. The van der Waals surface area contributed by atoms with E-state index in [1.54, 1.807) is 0 Å². The highest BCUT2D eigenvalue weighted by molar-refractivity contribution is 6.32. The van der Waals surface area contributed by atoms with E-state index < -0.39 is 0 Å². The van der Waals surface area contributed by atoms with Crippen LogP contribution in [0.15, 0.2) is 36.4 Å². The number of ether oxygens (including phenoxy) is 2. The number of nitrogens with one attached hydrogen (secondary N) is 1. The van der Waals surface area contributed by atoms with Crippen LogP contribution >= 0.6 is 11.6 Å². The van der Waals surface area contributed by atoms with E-state index in [0.717, 1.165) is 33.2 Å². The average molecular weight is 373 g/mol. The molecule has 0 spiro atoms. The summed E-state index contributed by atoms with van der Waals surface area (Å²) in [6.07, 6.45) is -0.131. The highest BCUT2D eigenvalue weighted by Crippen LogP contribution is 2.25. The van der Waals surface area contributed by atoms with Crippen LogP contribution in [0.25, 0.3) is 0 Å². The van der Waals surface area contributed by atoms with Crippen molar-refractivity contribution in [2.24, 2.45) is 0 Å². The van der Waals surface area contributed by atoms with Gasteiger partial charge in [0.05, 0.1) is 6.07 Å². The normalized spacial score (nSPS) is 10.1. The standard InChI is InChI=1S/C20H21ClN2O3/c1-14-11-18(12-15(2)20(14)21)26-10-9-25-17-5-3-16(4-6-17)13-23-19(24)7-8-22/h3-6,11-12H,7,9-10,13H2,1-2H3,(H,23,24). The summed E-state index contributed by atoms with van der Waals surface area (Å²) in [5, 5.41) is 11.9. The van der Waals surface area contributed by atoms with E-state index in [2.05, 4.69) is 5.32 Å². The molecule has 136 valence electrons. The molecule has 0 heterocycles. The minimum Gasteiger partial charge on any atom is -0.490 e. The van der Waals surface area contributed by atoms with Gasteiger partial charge >= 0.3 is 0 Å². The predicted molar refractivity (Wildman–Crippen MR) is 100 cm³/mol. The third-order valence-electron chi connectivity index (χ3n) is 3.68. The monoisotopic (exact) mass is 372 g/mol. The van der Waals surface area contributed by atoms with Gasteiger partial charge in [0.1, 0.15) is 31.1 Å². The van der Waals surface area contributed by atoms with Gasteiger partial charge in [0.15, 0.2) is 0 Å². The number of benzene rings is 2. The fourth-order valence-electron chi connectivity index (χ4n) is 2.35. The Morgan fingerprint density at radius 2 is 1.65 bits per heavy atom. The molecule has 2 aromatic rings. The van der Waals surface area contributed by atoms with Crippen LogP contribution in [-0.4, -0.2) is 19.1 Å². The van der Waals surface area contributed by atoms with E-state index in [9.17, 15) is 4.79 Å². The Bertz CT molecular complexity index is 775. The van der Waals surface area contributed by atoms with E-state index in [-0.39, 0.29) is 12.3 Å². The number of nitriles is 1. The summed E-state index contributed by atoms with van der Waals surface area (Å²) in [7, 11) is 0. The number of hydrogen-bond donors (Lipinski definition) is 1. The molecule has 0 atom stereocenters. The Morgan fingerprint density at radius 1 is 1.08 bits per heavy atom. The second-order valence-corrected chi connectivity index (χ2v) is 6.20. The molecule has 0 aromatic heterocycles. The molecule has 0 aliphatic rings. The number of halogens is 1. The van der Waals surface area contributed by atoms with E-state index in [1.807, 2.05) is 56.3 Å². The lowest BCUT2D eigenvalue weighted by Crippen LogP contribution is -2.21. The smallest absolute Gasteiger partial charge is 0.234 e. The first-order chi connectivity index (χ1) is 12.5. The number of amides is 1. The summed E-state index contributed by atoms with van der Waals surface area (Å²) >= 11 is 6.14. The van der Waals surface area contributed by atoms with E-state index in [1.165, 1.54) is 0 Å². The molecule has 26 heavy (non-hydrogen) atoms. The van der Waals surface area contributed by atoms with Crippen molar-refractivity contribution >= 4 is 17.5 Å². The summed E-state index contributed by atoms with van der Waals surface area (Å²) in [4.78, 5) is 11.3. The van der Waals surface area contributed by atoms with Crippen LogP contribution < -0.4 is 14.8 Å². The summed E-state index contributed by atoms with van der Waals surface area (Å²) in [6.45, 7) is 5.12. The van der Waals surface area contributed by atoms with Gasteiger partial charge in [0, 0.05) is 11.6 Å². The first-order valence-electron chi connectivity index (χ1n) is 8.24. The van der Waals surface area contributed by atoms with Crippen LogP contribution in [0.5, 0.6) is 11.5 Å². The molecule has 0 unspecified atom stereocenters. The third-order valence-corrected chi connectivity index (χ3v) is 4.28. The minimum atomic E-state index is -0.280. The molecule has 0 aliphatic heterocycles. The lowest BCUT2D eigenvalue weighted by Gasteiger charge is -2.11. The van der Waals surface area contributed by atoms with Crippen molar-refractivity contribution in [3.8, 4) is 17.6 Å². The van der Waals surface area contributed by atoms with Gasteiger partial charge in [-0.25, -0.2) is 0 Å². The first-order valence-corrected chi connectivity index (χ1v) is 8.62. The van der Waals surface area contributed by atoms with E-state index >= 15 is 0 Å². The van der Waals surface area contributed by atoms with Gasteiger partial charge in [0.2, 0.25) is 5.91 Å². The van der Waals surface area contributed by atoms with Crippen LogP contribution in [0.3, 0.4) is 0 Å². The quantitative estimate of drug-likeness (QED) is 0.712. The van der Waals surface area contributed by atoms with Gasteiger partial charge in [-0.1, -0.05) is 23.7 Å². The van der Waals surface area contributed by atoms with Crippen molar-refractivity contribution in [1.29, 1.82) is 5.26 Å². The number of rotatable bonds is 8. The van der Waals surface area contributed by atoms with Crippen LogP contribution in [0.1, 0.15) is 23.1 Å². The van der Waals surface area contributed by atoms with Gasteiger partial charge < -0.3 is 14.8 Å². The largest absolute Gasteiger partial charge is 0.490 e. The summed E-state index contributed by atoms with van der Waals surface area (Å²) in [5.74, 6) is 1.22. The fraction of sp³-hybridized carbons (Fsp3) is 0.300. The van der Waals surface area contributed by atoms with Gasteiger partial charge in [-0.15, -0.1) is 0 Å². The number of aryl methyl sites for hydroxylation is 2. The predicted octanol–water partition coefficient (Wildman–Crippen LogP) is 3.94. The van der Waals surface area contributed by atoms with Crippen molar-refractivity contribution in [3.05, 3.63) is 58.1 Å². The summed E-state index contributed by atoms with van der Waals surface area (Å²) in [5.41, 5.74) is 2.91. The Morgan fingerprint density at radius 3 is 2.23 bits per heavy atom. The van der Waals surface area contributed by atoms with Gasteiger partial charge in [-0.3, -0.25) is 4.79 Å². The van der Waals surface area contributed by atoms with Crippen molar-refractivity contribution < 1.29 is 14.3 Å². The Kier molecular flexibility index (Phi) is 7.31. The number of carbonyl (C=O) groups is 1. The average Bonchev–Trinajstić information content (AvgIpc) is 2.62. The van der Waals surface area contributed by atoms with Crippen molar-refractivity contribution in [1.82, 2.24) is 5.32 Å². The Labute approximate surface area is 158 Å². The molecule has 0 aliphatic carbocycles. The minimum absolute atomic E-state index is 0.131. The van der Waals surface area contributed by atoms with Crippen LogP contribution in [0, 0.1) is 25.2 Å². The molecule has 0 saturated carbocycles. The molecule has 1 amide bonds. The molecule has 0 bridgehead atoms. The zero-order chi connectivity index (χ0) is 18.9. The van der Waals surface area contributed by atoms with Crippen LogP contribution in [-0.2, 0) is 11.3 Å². The fourth-order valence-corrected chi connectivity index (χ4v) is 2.46. The molecule has 2 rings (SSSR count). The zero-order valence-corrected chi connectivity index (χ0v) is 15.6. The molecule has 2 aromatic carbocycles. The lowest BCUT2D eigenvalue weighted by molar-refractivity contribution is -0.120. The lowest BCUT2D eigenvalue weighted by atomic mass is 10.1. The highest BCUT2D eigenvalue weighted by Gasteiger charge is 2.04. The van der Waals surface area contributed by atoms with Crippen molar-refractivity contribution in [3.63, 3.8) is 0 Å². The molecule has 1 N–H and O–H groups in total. The Balaban J connectivity index is 1.74. The molecule has 0 saturated heterocycles. The number of hydrogen-bond acceptors (Lipinski definition) is 4. The maximum absolute atomic E-state index is 11.3. The zero-order valence-electron chi connectivity index (χ0n) is 14.8. The van der Waals surface area contributed by atoms with E-state index in [0.29, 0.717) is 19.8 Å². The highest BCUT2D eigenvalue weighted by atomic mass is 35.5. The SMILES string of the molecule is Cc1cc(OCCOc2ccc(CNC(=O)CC#N)cc2)cc(C)c1Cl. The maximum Gasteiger partial charge on any atom is 0.234 e. The molecule has 0 radical (unpaired) electrons. The van der Waals surface area contributed by atoms with E-state index in [4.69, 9.17) is 26.3 Å². The first kappa shape index (κ1) is 19.6. The molecule has 6 heteroatoms. The second-order valence-electron chi connectivity index (χ2n) is 5.82. The second kappa shape index (κ2) is 9.69. The number of nitrogens with zero attached hydrogens (tertiary/aromatic N) is 1. The van der Waals surface area contributed by atoms with Crippen molar-refractivity contribution in [2.75, 3.05) is 13.2 Å². The molecular weight excluding hydrogens is 352 g/mol. The number of carbonyl (C=O) groups excluding carboxylic acids is 1. The third kappa shape index (κ3) is 5.98. The summed E-state index contributed by atoms with van der Waals surface area (Å²) < 4.78 is 11.3. The van der Waals surface area contributed by atoms with Crippen molar-refractivity contribution in [2.45, 2.75) is 26.8 Å². The maximum atomic E-state index is 11.3. The topological polar surface area (TPSA) is 71.3 Å². The van der Waals surface area contributed by atoms with Crippen LogP contribution in [0.2, 0.25) is 5.02 Å².